The van der Waals surface area contributed by atoms with Crippen molar-refractivity contribution in [3.63, 3.8) is 0 Å². The summed E-state index contributed by atoms with van der Waals surface area (Å²) in [6, 6.07) is 6.44. The highest BCUT2D eigenvalue weighted by Gasteiger charge is 2.43. The van der Waals surface area contributed by atoms with Gasteiger partial charge in [-0.25, -0.2) is 0 Å². The lowest BCUT2D eigenvalue weighted by Crippen LogP contribution is -2.38. The van der Waals surface area contributed by atoms with Crippen molar-refractivity contribution < 1.29 is 41.0 Å². The van der Waals surface area contributed by atoms with Crippen molar-refractivity contribution in [2.24, 2.45) is 5.92 Å². The highest BCUT2D eigenvalue weighted by Crippen LogP contribution is 2.47. The first-order valence-corrected chi connectivity index (χ1v) is 11.1. The lowest BCUT2D eigenvalue weighted by Gasteiger charge is -2.37. The zero-order valence-corrected chi connectivity index (χ0v) is 18.9. The minimum absolute atomic E-state index is 0.00633. The molecule has 0 aromatic heterocycles. The van der Waals surface area contributed by atoms with Gasteiger partial charge in [0.05, 0.1) is 16.0 Å². The average molecular weight is 509 g/mol. The van der Waals surface area contributed by atoms with Crippen molar-refractivity contribution >= 4 is 17.6 Å². The van der Waals surface area contributed by atoms with E-state index in [1.165, 1.54) is 12.1 Å². The van der Waals surface area contributed by atoms with Gasteiger partial charge in [-0.05, 0) is 54.2 Å². The van der Waals surface area contributed by atoms with Crippen molar-refractivity contribution in [3.05, 3.63) is 52.5 Å². The van der Waals surface area contributed by atoms with Gasteiger partial charge < -0.3 is 9.84 Å². The van der Waals surface area contributed by atoms with Crippen LogP contribution in [0.3, 0.4) is 0 Å². The predicted octanol–water partition coefficient (Wildman–Crippen LogP) is 7.89. The zero-order chi connectivity index (χ0) is 25.3. The quantitative estimate of drug-likeness (QED) is 0.369. The molecular formula is C24H23ClF6O3. The molecule has 0 heterocycles. The summed E-state index contributed by atoms with van der Waals surface area (Å²) in [4.78, 5) is 12.4. The van der Waals surface area contributed by atoms with E-state index < -0.39 is 35.9 Å². The van der Waals surface area contributed by atoms with E-state index in [2.05, 4.69) is 0 Å². The van der Waals surface area contributed by atoms with Crippen LogP contribution < -0.4 is 4.74 Å². The molecular weight excluding hydrogens is 486 g/mol. The number of benzene rings is 2. The van der Waals surface area contributed by atoms with Gasteiger partial charge in [-0.1, -0.05) is 49.9 Å². The number of carboxylic acids is 1. The van der Waals surface area contributed by atoms with Crippen LogP contribution in [0.25, 0.3) is 11.1 Å². The van der Waals surface area contributed by atoms with Crippen LogP contribution in [0.4, 0.5) is 26.3 Å². The molecule has 186 valence electrons. The fourth-order valence-electron chi connectivity index (χ4n) is 4.24. The molecule has 0 aliphatic heterocycles. The maximum absolute atomic E-state index is 13.0. The maximum atomic E-state index is 13.0. The topological polar surface area (TPSA) is 46.5 Å². The second kappa shape index (κ2) is 9.68. The molecule has 1 aliphatic carbocycles. The monoisotopic (exact) mass is 508 g/mol. The average Bonchev–Trinajstić information content (AvgIpc) is 2.70. The third-order valence-corrected chi connectivity index (χ3v) is 6.66. The van der Waals surface area contributed by atoms with Crippen LogP contribution in [-0.4, -0.2) is 23.9 Å². The second-order valence-electron chi connectivity index (χ2n) is 8.56. The van der Waals surface area contributed by atoms with E-state index in [9.17, 15) is 36.2 Å². The smallest absolute Gasteiger partial charge is 0.422 e. The summed E-state index contributed by atoms with van der Waals surface area (Å²) < 4.78 is 82.4. The maximum Gasteiger partial charge on any atom is 0.422 e. The first kappa shape index (κ1) is 26.2. The van der Waals surface area contributed by atoms with Crippen LogP contribution in [0.5, 0.6) is 5.75 Å². The van der Waals surface area contributed by atoms with Crippen LogP contribution in [0.15, 0.2) is 36.4 Å². The highest BCUT2D eigenvalue weighted by atomic mass is 35.5. The lowest BCUT2D eigenvalue weighted by molar-refractivity contribution is -0.153. The van der Waals surface area contributed by atoms with E-state index >= 15 is 0 Å². The Labute approximate surface area is 197 Å². The SMILES string of the molecule is CCC(CC1CCC1)(C(=O)O)c1cc(Cl)c(OCC(F)(F)F)c(-c2ccc(C(F)(F)F)cc2)c1. The minimum Gasteiger partial charge on any atom is -0.482 e. The van der Waals surface area contributed by atoms with Gasteiger partial charge in [0.2, 0.25) is 0 Å². The lowest BCUT2D eigenvalue weighted by atomic mass is 9.67. The molecule has 34 heavy (non-hydrogen) atoms. The van der Waals surface area contributed by atoms with Crippen molar-refractivity contribution in [2.75, 3.05) is 6.61 Å². The Hall–Kier alpha value is -2.42. The first-order valence-electron chi connectivity index (χ1n) is 10.7. The van der Waals surface area contributed by atoms with E-state index in [1.54, 1.807) is 6.92 Å². The van der Waals surface area contributed by atoms with E-state index in [0.29, 0.717) is 6.42 Å². The van der Waals surface area contributed by atoms with Crippen molar-refractivity contribution in [3.8, 4) is 16.9 Å². The Bertz CT molecular complexity index is 1030. The van der Waals surface area contributed by atoms with Gasteiger partial charge in [-0.15, -0.1) is 0 Å². The van der Waals surface area contributed by atoms with Crippen molar-refractivity contribution in [2.45, 2.75) is 56.8 Å². The van der Waals surface area contributed by atoms with Gasteiger partial charge in [-0.3, -0.25) is 4.79 Å². The molecule has 1 saturated carbocycles. The van der Waals surface area contributed by atoms with E-state index in [0.717, 1.165) is 43.5 Å². The molecule has 1 N–H and O–H groups in total. The highest BCUT2D eigenvalue weighted by molar-refractivity contribution is 6.32. The van der Waals surface area contributed by atoms with E-state index in [1.807, 2.05) is 0 Å². The molecule has 10 heteroatoms. The summed E-state index contributed by atoms with van der Waals surface area (Å²) in [6.07, 6.45) is -6.02. The standard InChI is InChI=1S/C24H23ClF6O3/c1-2-22(21(32)33,12-14-4-3-5-14)17-10-18(15-6-8-16(9-7-15)24(29,30)31)20(19(25)11-17)34-13-23(26,27)28/h6-11,14H,2-5,12-13H2,1H3,(H,32,33). The molecule has 2 aromatic rings. The summed E-state index contributed by atoms with van der Waals surface area (Å²) >= 11 is 6.30. The summed E-state index contributed by atoms with van der Waals surface area (Å²) in [7, 11) is 0. The fraction of sp³-hybridized carbons (Fsp3) is 0.458. The molecule has 2 aromatic carbocycles. The van der Waals surface area contributed by atoms with Crippen molar-refractivity contribution in [1.82, 2.24) is 0 Å². The number of carbonyl (C=O) groups is 1. The Kier molecular flexibility index (Phi) is 7.45. The molecule has 0 radical (unpaired) electrons. The van der Waals surface area contributed by atoms with Gasteiger partial charge in [0.25, 0.3) is 0 Å². The molecule has 3 rings (SSSR count). The number of ether oxygens (including phenoxy) is 1. The van der Waals surface area contributed by atoms with Crippen LogP contribution in [0, 0.1) is 5.92 Å². The van der Waals surface area contributed by atoms with E-state index in [-0.39, 0.29) is 39.8 Å². The number of aliphatic carboxylic acids is 1. The van der Waals surface area contributed by atoms with Crippen LogP contribution in [0.2, 0.25) is 5.02 Å². The van der Waals surface area contributed by atoms with E-state index in [4.69, 9.17) is 16.3 Å². The Morgan fingerprint density at radius 1 is 1.06 bits per heavy atom. The molecule has 0 spiro atoms. The molecule has 3 nitrogen and oxygen atoms in total. The Morgan fingerprint density at radius 2 is 1.68 bits per heavy atom. The molecule has 0 bridgehead atoms. The summed E-state index contributed by atoms with van der Waals surface area (Å²) in [5.41, 5.74) is -1.90. The largest absolute Gasteiger partial charge is 0.482 e. The number of halogens is 7. The van der Waals surface area contributed by atoms with Crippen LogP contribution >= 0.6 is 11.6 Å². The Morgan fingerprint density at radius 3 is 2.12 bits per heavy atom. The van der Waals surface area contributed by atoms with Gasteiger partial charge in [0.15, 0.2) is 6.61 Å². The zero-order valence-electron chi connectivity index (χ0n) is 18.2. The van der Waals surface area contributed by atoms with Crippen molar-refractivity contribution in [1.29, 1.82) is 0 Å². The second-order valence-corrected chi connectivity index (χ2v) is 8.96. The molecule has 1 unspecified atom stereocenters. The third kappa shape index (κ3) is 5.62. The molecule has 1 fully saturated rings. The fourth-order valence-corrected chi connectivity index (χ4v) is 4.52. The summed E-state index contributed by atoms with van der Waals surface area (Å²) in [5, 5.41) is 9.91. The normalized spacial score (nSPS) is 16.6. The first-order chi connectivity index (χ1) is 15.8. The number of alkyl halides is 6. The van der Waals surface area contributed by atoms with Gasteiger partial charge >= 0.3 is 18.3 Å². The molecule has 0 saturated heterocycles. The number of hydrogen-bond acceptors (Lipinski definition) is 2. The third-order valence-electron chi connectivity index (χ3n) is 6.37. The summed E-state index contributed by atoms with van der Waals surface area (Å²) in [5.74, 6) is -1.28. The minimum atomic E-state index is -4.68. The molecule has 1 atom stereocenters. The predicted molar refractivity (Wildman–Crippen MR) is 115 cm³/mol. The van der Waals surface area contributed by atoms with Gasteiger partial charge in [0.1, 0.15) is 5.75 Å². The Balaban J connectivity index is 2.16. The number of carboxylic acid groups (broad SMARTS) is 1. The van der Waals surface area contributed by atoms with Gasteiger partial charge in [-0.2, -0.15) is 26.3 Å². The number of rotatable bonds is 8. The van der Waals surface area contributed by atoms with Crippen LogP contribution in [-0.2, 0) is 16.4 Å². The molecule has 0 amide bonds. The number of hydrogen-bond donors (Lipinski definition) is 1. The van der Waals surface area contributed by atoms with Gasteiger partial charge in [0, 0.05) is 5.56 Å². The molecule has 1 aliphatic rings. The summed E-state index contributed by atoms with van der Waals surface area (Å²) in [6.45, 7) is 0.0339. The van der Waals surface area contributed by atoms with Crippen LogP contribution in [0.1, 0.15) is 50.2 Å².